The zero-order valence-electron chi connectivity index (χ0n) is 12.4. The largest absolute Gasteiger partial charge is 0.326 e. The number of aryl methyl sites for hydroxylation is 1. The quantitative estimate of drug-likeness (QED) is 0.764. The maximum atomic E-state index is 12.3. The molecule has 7 heteroatoms. The molecule has 1 aliphatic heterocycles. The van der Waals surface area contributed by atoms with E-state index in [4.69, 9.17) is 0 Å². The topological polar surface area (TPSA) is 87.3 Å². The van der Waals surface area contributed by atoms with Crippen molar-refractivity contribution in [2.45, 2.75) is 18.7 Å². The zero-order valence-corrected chi connectivity index (χ0v) is 13.3. The molecule has 1 saturated heterocycles. The van der Waals surface area contributed by atoms with Gasteiger partial charge in [0.25, 0.3) is 0 Å². The summed E-state index contributed by atoms with van der Waals surface area (Å²) in [4.78, 5) is 12.4. The van der Waals surface area contributed by atoms with E-state index in [0.717, 1.165) is 12.1 Å². The molecular weight excluding hydrogens is 290 g/mol. The van der Waals surface area contributed by atoms with Gasteiger partial charge in [-0.3, -0.25) is 4.79 Å². The van der Waals surface area contributed by atoms with E-state index in [1.165, 1.54) is 19.2 Å². The molecule has 1 aromatic rings. The second-order valence-electron chi connectivity index (χ2n) is 5.42. The average Bonchev–Trinajstić information content (AvgIpc) is 2.87. The Hall–Kier alpha value is -1.44. The number of hydrogen-bond donors (Lipinski definition) is 3. The minimum atomic E-state index is -3.52. The molecule has 0 aliphatic carbocycles. The fourth-order valence-corrected chi connectivity index (χ4v) is 3.16. The van der Waals surface area contributed by atoms with Crippen LogP contribution in [0.5, 0.6) is 0 Å². The molecule has 1 aromatic carbocycles. The summed E-state index contributed by atoms with van der Waals surface area (Å²) in [5.41, 5.74) is 1.37. The molecule has 116 valence electrons. The summed E-state index contributed by atoms with van der Waals surface area (Å²) in [6.45, 7) is 5.34. The molecule has 6 nitrogen and oxygen atoms in total. The third kappa shape index (κ3) is 3.42. The average molecular weight is 311 g/mol. The summed E-state index contributed by atoms with van der Waals surface area (Å²) in [6.07, 6.45) is 0. The van der Waals surface area contributed by atoms with E-state index in [9.17, 15) is 13.2 Å². The first kappa shape index (κ1) is 15.9. The van der Waals surface area contributed by atoms with Crippen LogP contribution in [0.3, 0.4) is 0 Å². The summed E-state index contributed by atoms with van der Waals surface area (Å²) in [6, 6.07) is 4.71. The Morgan fingerprint density at radius 2 is 2.05 bits per heavy atom. The number of carbonyl (C=O) groups is 1. The molecule has 1 aliphatic rings. The molecule has 0 saturated carbocycles. The maximum Gasteiger partial charge on any atom is 0.240 e. The summed E-state index contributed by atoms with van der Waals surface area (Å²) in [5, 5.41) is 6.03. The van der Waals surface area contributed by atoms with Gasteiger partial charge in [-0.2, -0.15) is 0 Å². The van der Waals surface area contributed by atoms with Gasteiger partial charge >= 0.3 is 0 Å². The maximum absolute atomic E-state index is 12.3. The third-order valence-electron chi connectivity index (χ3n) is 3.90. The fourth-order valence-electron chi connectivity index (χ4n) is 2.41. The van der Waals surface area contributed by atoms with Crippen molar-refractivity contribution in [1.29, 1.82) is 0 Å². The molecule has 1 fully saturated rings. The van der Waals surface area contributed by atoms with Gasteiger partial charge in [0.05, 0.1) is 10.8 Å². The highest BCUT2D eigenvalue weighted by molar-refractivity contribution is 7.89. The van der Waals surface area contributed by atoms with E-state index < -0.39 is 10.0 Å². The van der Waals surface area contributed by atoms with Crippen molar-refractivity contribution in [1.82, 2.24) is 10.0 Å². The molecule has 0 spiro atoms. The van der Waals surface area contributed by atoms with Crippen LogP contribution in [-0.4, -0.2) is 34.5 Å². The Labute approximate surface area is 125 Å². The SMILES string of the molecule is CNS(=O)(=O)c1ccc(C)c(NC(=O)C2CNCC2C)c1. The Kier molecular flexibility index (Phi) is 4.65. The van der Waals surface area contributed by atoms with Crippen LogP contribution in [-0.2, 0) is 14.8 Å². The molecule has 3 N–H and O–H groups in total. The first-order chi connectivity index (χ1) is 9.85. The number of anilines is 1. The van der Waals surface area contributed by atoms with E-state index in [2.05, 4.69) is 15.4 Å². The Morgan fingerprint density at radius 1 is 1.33 bits per heavy atom. The summed E-state index contributed by atoms with van der Waals surface area (Å²) >= 11 is 0. The van der Waals surface area contributed by atoms with Crippen LogP contribution < -0.4 is 15.4 Å². The van der Waals surface area contributed by atoms with Gasteiger partial charge in [0.1, 0.15) is 0 Å². The van der Waals surface area contributed by atoms with Crippen molar-refractivity contribution in [3.8, 4) is 0 Å². The molecule has 1 amide bonds. The second kappa shape index (κ2) is 6.13. The number of benzene rings is 1. The molecule has 0 aromatic heterocycles. The smallest absolute Gasteiger partial charge is 0.240 e. The lowest BCUT2D eigenvalue weighted by Gasteiger charge is -2.16. The van der Waals surface area contributed by atoms with Gasteiger partial charge in [0.15, 0.2) is 0 Å². The van der Waals surface area contributed by atoms with E-state index in [1.807, 2.05) is 13.8 Å². The molecule has 2 atom stereocenters. The zero-order chi connectivity index (χ0) is 15.6. The highest BCUT2D eigenvalue weighted by atomic mass is 32.2. The van der Waals surface area contributed by atoms with Gasteiger partial charge in [-0.05, 0) is 44.1 Å². The van der Waals surface area contributed by atoms with Gasteiger partial charge < -0.3 is 10.6 Å². The monoisotopic (exact) mass is 311 g/mol. The van der Waals surface area contributed by atoms with Crippen molar-refractivity contribution < 1.29 is 13.2 Å². The summed E-state index contributed by atoms with van der Waals surface area (Å²) < 4.78 is 25.9. The number of sulfonamides is 1. The van der Waals surface area contributed by atoms with Crippen LogP contribution in [0.1, 0.15) is 12.5 Å². The highest BCUT2D eigenvalue weighted by Gasteiger charge is 2.29. The first-order valence-corrected chi connectivity index (χ1v) is 8.39. The summed E-state index contributed by atoms with van der Waals surface area (Å²) in [7, 11) is -2.16. The minimum Gasteiger partial charge on any atom is -0.326 e. The minimum absolute atomic E-state index is 0.0744. The van der Waals surface area contributed by atoms with Crippen LogP contribution in [0, 0.1) is 18.8 Å². The normalized spacial score (nSPS) is 22.2. The Balaban J connectivity index is 2.23. The predicted molar refractivity (Wildman–Crippen MR) is 81.6 cm³/mol. The van der Waals surface area contributed by atoms with Gasteiger partial charge in [-0.1, -0.05) is 13.0 Å². The van der Waals surface area contributed by atoms with Crippen molar-refractivity contribution in [2.24, 2.45) is 11.8 Å². The van der Waals surface area contributed by atoms with Crippen molar-refractivity contribution >= 4 is 21.6 Å². The van der Waals surface area contributed by atoms with Gasteiger partial charge in [-0.15, -0.1) is 0 Å². The van der Waals surface area contributed by atoms with Gasteiger partial charge in [0, 0.05) is 12.2 Å². The number of nitrogens with one attached hydrogen (secondary N) is 3. The third-order valence-corrected chi connectivity index (χ3v) is 5.31. The van der Waals surface area contributed by atoms with E-state index in [1.54, 1.807) is 6.07 Å². The van der Waals surface area contributed by atoms with Crippen molar-refractivity contribution in [3.05, 3.63) is 23.8 Å². The van der Waals surface area contributed by atoms with E-state index >= 15 is 0 Å². The van der Waals surface area contributed by atoms with Gasteiger partial charge in [-0.25, -0.2) is 13.1 Å². The molecule has 2 rings (SSSR count). The standard InChI is InChI=1S/C14H21N3O3S/c1-9-4-5-11(21(19,20)15-3)6-13(9)17-14(18)12-8-16-7-10(12)2/h4-6,10,12,15-16H,7-8H2,1-3H3,(H,17,18). The Morgan fingerprint density at radius 3 is 2.62 bits per heavy atom. The van der Waals surface area contributed by atoms with Gasteiger partial charge in [0.2, 0.25) is 15.9 Å². The molecular formula is C14H21N3O3S. The highest BCUT2D eigenvalue weighted by Crippen LogP contribution is 2.23. The van der Waals surface area contributed by atoms with Crippen LogP contribution in [0.25, 0.3) is 0 Å². The van der Waals surface area contributed by atoms with E-state index in [0.29, 0.717) is 12.2 Å². The summed E-state index contributed by atoms with van der Waals surface area (Å²) in [5.74, 6) is 0.109. The van der Waals surface area contributed by atoms with Crippen LogP contribution >= 0.6 is 0 Å². The molecule has 0 radical (unpaired) electrons. The van der Waals surface area contributed by atoms with Crippen LogP contribution in [0.4, 0.5) is 5.69 Å². The lowest BCUT2D eigenvalue weighted by molar-refractivity contribution is -0.120. The van der Waals surface area contributed by atoms with Crippen LogP contribution in [0.15, 0.2) is 23.1 Å². The fraction of sp³-hybridized carbons (Fsp3) is 0.500. The Bertz CT molecular complexity index is 643. The lowest BCUT2D eigenvalue weighted by Crippen LogP contribution is -2.28. The predicted octanol–water partition coefficient (Wildman–Crippen LogP) is 0.697. The number of rotatable bonds is 4. The molecule has 1 heterocycles. The number of amides is 1. The van der Waals surface area contributed by atoms with Crippen molar-refractivity contribution in [2.75, 3.05) is 25.5 Å². The molecule has 2 unspecified atom stereocenters. The first-order valence-electron chi connectivity index (χ1n) is 6.91. The lowest BCUT2D eigenvalue weighted by atomic mass is 9.97. The number of hydrogen-bond acceptors (Lipinski definition) is 4. The molecule has 0 bridgehead atoms. The van der Waals surface area contributed by atoms with E-state index in [-0.39, 0.29) is 22.6 Å². The number of carbonyl (C=O) groups excluding carboxylic acids is 1. The van der Waals surface area contributed by atoms with Crippen molar-refractivity contribution in [3.63, 3.8) is 0 Å². The van der Waals surface area contributed by atoms with Crippen LogP contribution in [0.2, 0.25) is 0 Å². The molecule has 21 heavy (non-hydrogen) atoms. The second-order valence-corrected chi connectivity index (χ2v) is 7.30.